The molecule has 0 saturated carbocycles. The molecular formula is C16H22N4O2. The van der Waals surface area contributed by atoms with Gasteiger partial charge in [0.05, 0.1) is 24.5 Å². The van der Waals surface area contributed by atoms with Crippen molar-refractivity contribution in [1.82, 2.24) is 14.7 Å². The summed E-state index contributed by atoms with van der Waals surface area (Å²) in [4.78, 5) is 13.9. The Bertz CT molecular complexity index is 619. The molecule has 1 aromatic rings. The largest absolute Gasteiger partial charge is 0.444 e. The van der Waals surface area contributed by atoms with Gasteiger partial charge in [0.15, 0.2) is 0 Å². The zero-order chi connectivity index (χ0) is 16.3. The summed E-state index contributed by atoms with van der Waals surface area (Å²) in [6.45, 7) is 7.13. The molecule has 2 rings (SSSR count). The van der Waals surface area contributed by atoms with Crippen LogP contribution in [0.3, 0.4) is 0 Å². The molecule has 0 fully saturated rings. The lowest BCUT2D eigenvalue weighted by Crippen LogP contribution is -2.40. The second-order valence-corrected chi connectivity index (χ2v) is 6.28. The average molecular weight is 302 g/mol. The number of ether oxygens (including phenoxy) is 1. The molecular weight excluding hydrogens is 280 g/mol. The van der Waals surface area contributed by atoms with Crippen molar-refractivity contribution in [2.75, 3.05) is 6.54 Å². The second kappa shape index (κ2) is 6.22. The van der Waals surface area contributed by atoms with E-state index in [0.717, 1.165) is 17.0 Å². The molecule has 1 aliphatic heterocycles. The maximum absolute atomic E-state index is 12.2. The normalized spacial score (nSPS) is 14.2. The van der Waals surface area contributed by atoms with Gasteiger partial charge in [-0.3, -0.25) is 4.68 Å². The number of terminal acetylenes is 1. The number of carbonyl (C=O) groups excluding carboxylic acids is 1. The first-order valence-corrected chi connectivity index (χ1v) is 7.36. The van der Waals surface area contributed by atoms with Gasteiger partial charge in [-0.15, -0.1) is 12.3 Å². The van der Waals surface area contributed by atoms with E-state index >= 15 is 0 Å². The summed E-state index contributed by atoms with van der Waals surface area (Å²) < 4.78 is 7.17. The van der Waals surface area contributed by atoms with Gasteiger partial charge in [0.1, 0.15) is 5.60 Å². The highest BCUT2D eigenvalue weighted by molar-refractivity contribution is 5.78. The number of rotatable bonds is 3. The fourth-order valence-corrected chi connectivity index (χ4v) is 2.43. The van der Waals surface area contributed by atoms with Crippen LogP contribution < -0.4 is 0 Å². The Morgan fingerprint density at radius 3 is 2.86 bits per heavy atom. The van der Waals surface area contributed by atoms with E-state index in [-0.39, 0.29) is 6.09 Å². The summed E-state index contributed by atoms with van der Waals surface area (Å²) in [7, 11) is 0. The van der Waals surface area contributed by atoms with E-state index in [4.69, 9.17) is 16.6 Å². The van der Waals surface area contributed by atoms with Gasteiger partial charge in [-0.25, -0.2) is 4.79 Å². The number of hydrogen-bond donors (Lipinski definition) is 1. The van der Waals surface area contributed by atoms with Gasteiger partial charge in [0, 0.05) is 31.2 Å². The number of aromatic nitrogens is 2. The first-order valence-electron chi connectivity index (χ1n) is 7.36. The van der Waals surface area contributed by atoms with Gasteiger partial charge in [0.25, 0.3) is 0 Å². The second-order valence-electron chi connectivity index (χ2n) is 6.28. The van der Waals surface area contributed by atoms with E-state index in [2.05, 4.69) is 11.0 Å². The van der Waals surface area contributed by atoms with Gasteiger partial charge >= 0.3 is 6.09 Å². The van der Waals surface area contributed by atoms with Crippen molar-refractivity contribution in [3.8, 4) is 12.3 Å². The molecule has 22 heavy (non-hydrogen) atoms. The Balaban J connectivity index is 2.19. The van der Waals surface area contributed by atoms with Crippen LogP contribution in [0, 0.1) is 17.8 Å². The molecule has 1 amide bonds. The minimum absolute atomic E-state index is 0.328. The highest BCUT2D eigenvalue weighted by Crippen LogP contribution is 2.23. The van der Waals surface area contributed by atoms with Crippen molar-refractivity contribution >= 4 is 12.3 Å². The van der Waals surface area contributed by atoms with Gasteiger partial charge < -0.3 is 15.0 Å². The number of nitrogens with zero attached hydrogens (tertiary/aromatic N) is 3. The monoisotopic (exact) mass is 302 g/mol. The molecule has 0 radical (unpaired) electrons. The Labute approximate surface area is 130 Å². The standard InChI is InChI=1S/C16H22N4O2/c1-5-6-8-20-14(10-17)12-11-19(9-7-13(12)18-20)15(21)22-16(2,3)4/h1,10,17H,6-9,11H2,2-4H3. The van der Waals surface area contributed by atoms with Gasteiger partial charge in [-0.2, -0.15) is 5.10 Å². The Hall–Kier alpha value is -2.29. The molecule has 6 nitrogen and oxygen atoms in total. The Morgan fingerprint density at radius 1 is 1.55 bits per heavy atom. The molecule has 0 unspecified atom stereocenters. The summed E-state index contributed by atoms with van der Waals surface area (Å²) in [6.07, 6.45) is 7.48. The molecule has 1 N–H and O–H groups in total. The highest BCUT2D eigenvalue weighted by Gasteiger charge is 2.29. The van der Waals surface area contributed by atoms with Crippen molar-refractivity contribution in [3.05, 3.63) is 17.0 Å². The highest BCUT2D eigenvalue weighted by atomic mass is 16.6. The third-order valence-corrected chi connectivity index (χ3v) is 3.40. The van der Waals surface area contributed by atoms with E-state index in [9.17, 15) is 4.79 Å². The molecule has 1 aromatic heterocycles. The molecule has 0 bridgehead atoms. The number of hydrogen-bond acceptors (Lipinski definition) is 4. The number of aryl methyl sites for hydroxylation is 1. The van der Waals surface area contributed by atoms with E-state index in [0.29, 0.717) is 32.5 Å². The van der Waals surface area contributed by atoms with E-state index in [1.165, 1.54) is 6.21 Å². The van der Waals surface area contributed by atoms with Crippen LogP contribution in [0.15, 0.2) is 0 Å². The smallest absolute Gasteiger partial charge is 0.410 e. The van der Waals surface area contributed by atoms with E-state index in [1.807, 2.05) is 20.8 Å². The first kappa shape index (κ1) is 16.1. The third-order valence-electron chi connectivity index (χ3n) is 3.40. The summed E-state index contributed by atoms with van der Waals surface area (Å²) >= 11 is 0. The molecule has 0 atom stereocenters. The molecule has 0 spiro atoms. The summed E-state index contributed by atoms with van der Waals surface area (Å²) in [5.41, 5.74) is 2.07. The van der Waals surface area contributed by atoms with Crippen LogP contribution in [0.1, 0.15) is 44.1 Å². The van der Waals surface area contributed by atoms with Crippen molar-refractivity contribution in [1.29, 1.82) is 5.41 Å². The molecule has 0 saturated heterocycles. The minimum atomic E-state index is -0.515. The molecule has 1 aliphatic rings. The molecule has 6 heteroatoms. The van der Waals surface area contributed by atoms with Gasteiger partial charge in [-0.1, -0.05) is 0 Å². The van der Waals surface area contributed by atoms with Crippen molar-refractivity contribution < 1.29 is 9.53 Å². The summed E-state index contributed by atoms with van der Waals surface area (Å²) in [6, 6.07) is 0. The topological polar surface area (TPSA) is 71.2 Å². The fraction of sp³-hybridized carbons (Fsp3) is 0.562. The van der Waals surface area contributed by atoms with Crippen LogP contribution in [-0.2, 0) is 24.2 Å². The summed E-state index contributed by atoms with van der Waals surface area (Å²) in [5, 5.41) is 12.1. The SMILES string of the molecule is C#CCCn1nc2c(c1C=N)CN(C(=O)OC(C)(C)C)CC2. The lowest BCUT2D eigenvalue weighted by molar-refractivity contribution is 0.0223. The van der Waals surface area contributed by atoms with Crippen molar-refractivity contribution in [3.63, 3.8) is 0 Å². The summed E-state index contributed by atoms with van der Waals surface area (Å²) in [5.74, 6) is 2.58. The Morgan fingerprint density at radius 2 is 2.27 bits per heavy atom. The lowest BCUT2D eigenvalue weighted by atomic mass is 10.1. The quantitative estimate of drug-likeness (QED) is 0.687. The molecule has 118 valence electrons. The Kier molecular flexibility index (Phi) is 4.55. The zero-order valence-electron chi connectivity index (χ0n) is 13.3. The van der Waals surface area contributed by atoms with Gasteiger partial charge in [-0.05, 0) is 20.8 Å². The van der Waals surface area contributed by atoms with Gasteiger partial charge in [0.2, 0.25) is 0 Å². The van der Waals surface area contributed by atoms with Crippen molar-refractivity contribution in [2.24, 2.45) is 0 Å². The molecule has 0 aromatic carbocycles. The maximum atomic E-state index is 12.2. The van der Waals surface area contributed by atoms with Crippen LogP contribution in [0.4, 0.5) is 4.79 Å². The van der Waals surface area contributed by atoms with Crippen LogP contribution in [0.2, 0.25) is 0 Å². The number of fused-ring (bicyclic) bond motifs is 1. The lowest BCUT2D eigenvalue weighted by Gasteiger charge is -2.29. The van der Waals surface area contributed by atoms with Crippen LogP contribution in [-0.4, -0.2) is 39.1 Å². The molecule has 0 aliphatic carbocycles. The third kappa shape index (κ3) is 3.48. The van der Waals surface area contributed by atoms with Crippen LogP contribution in [0.25, 0.3) is 0 Å². The molecule has 2 heterocycles. The predicted molar refractivity (Wildman–Crippen MR) is 83.9 cm³/mol. The minimum Gasteiger partial charge on any atom is -0.444 e. The first-order chi connectivity index (χ1) is 10.4. The van der Waals surface area contributed by atoms with Crippen LogP contribution in [0.5, 0.6) is 0 Å². The average Bonchev–Trinajstić information content (AvgIpc) is 2.79. The maximum Gasteiger partial charge on any atom is 0.410 e. The zero-order valence-corrected chi connectivity index (χ0v) is 13.3. The number of nitrogens with one attached hydrogen (secondary N) is 1. The van der Waals surface area contributed by atoms with Crippen molar-refractivity contribution in [2.45, 2.75) is 52.3 Å². The van der Waals surface area contributed by atoms with E-state index < -0.39 is 5.60 Å². The van der Waals surface area contributed by atoms with Crippen LogP contribution >= 0.6 is 0 Å². The number of carbonyl (C=O) groups is 1. The van der Waals surface area contributed by atoms with E-state index in [1.54, 1.807) is 9.58 Å². The predicted octanol–water partition coefficient (Wildman–Crippen LogP) is 2.20. The number of amides is 1. The fourth-order valence-electron chi connectivity index (χ4n) is 2.43.